The molecule has 2 N–H and O–H groups in total. The number of carboxylic acids is 1. The molecule has 0 saturated carbocycles. The Morgan fingerprint density at radius 2 is 1.90 bits per heavy atom. The number of halogens is 1. The van der Waals surface area contributed by atoms with Crippen LogP contribution in [0.15, 0.2) is 42.1 Å². The minimum absolute atomic E-state index is 0.0573. The van der Waals surface area contributed by atoms with Crippen molar-refractivity contribution in [3.8, 4) is 11.5 Å². The van der Waals surface area contributed by atoms with Crippen molar-refractivity contribution in [3.63, 3.8) is 0 Å². The third-order valence-electron chi connectivity index (χ3n) is 4.40. The molecule has 8 nitrogen and oxygen atoms in total. The van der Waals surface area contributed by atoms with Crippen molar-refractivity contribution in [2.45, 2.75) is 20.5 Å². The van der Waals surface area contributed by atoms with E-state index in [1.807, 2.05) is 38.1 Å². The van der Waals surface area contributed by atoms with Crippen LogP contribution in [-0.4, -0.2) is 41.1 Å². The van der Waals surface area contributed by atoms with E-state index in [9.17, 15) is 14.4 Å². The molecule has 0 aliphatic carbocycles. The summed E-state index contributed by atoms with van der Waals surface area (Å²) in [5.74, 6) is -1.28. The Kier molecular flexibility index (Phi) is 6.81. The van der Waals surface area contributed by atoms with Crippen molar-refractivity contribution in [1.82, 2.24) is 10.2 Å². The standard InChI is InChI=1S/C22H21ClN2O6/c1-3-30-18-10-15(9-17-21(28)25(11-19(26)27)22(29)24-17)8-16(23)20(18)31-12-14-6-4-13(2)5-7-14/h4-10H,3,11-12H2,1-2H3,(H,24,29)(H,26,27)/b17-9+. The lowest BCUT2D eigenvalue weighted by Gasteiger charge is -2.15. The SMILES string of the molecule is CCOc1cc(/C=C2/NC(=O)N(CC(=O)O)C2=O)cc(Cl)c1OCc1ccc(C)cc1. The second kappa shape index (κ2) is 9.53. The Labute approximate surface area is 184 Å². The third-order valence-corrected chi connectivity index (χ3v) is 4.68. The molecule has 0 spiro atoms. The molecule has 3 amide bonds. The summed E-state index contributed by atoms with van der Waals surface area (Å²) in [6, 6.07) is 10.3. The first kappa shape index (κ1) is 22.2. The van der Waals surface area contributed by atoms with Crippen LogP contribution in [0, 0.1) is 6.92 Å². The summed E-state index contributed by atoms with van der Waals surface area (Å²) in [6.45, 7) is 3.74. The molecule has 9 heteroatoms. The summed E-state index contributed by atoms with van der Waals surface area (Å²) in [5.41, 5.74) is 2.53. The van der Waals surface area contributed by atoms with Crippen molar-refractivity contribution in [2.75, 3.05) is 13.2 Å². The molecule has 0 atom stereocenters. The molecule has 3 rings (SSSR count). The Morgan fingerprint density at radius 1 is 1.19 bits per heavy atom. The average Bonchev–Trinajstić information content (AvgIpc) is 2.96. The number of urea groups is 1. The van der Waals surface area contributed by atoms with Crippen molar-refractivity contribution < 1.29 is 29.0 Å². The van der Waals surface area contributed by atoms with Crippen molar-refractivity contribution in [3.05, 3.63) is 63.8 Å². The number of amides is 3. The highest BCUT2D eigenvalue weighted by atomic mass is 35.5. The minimum Gasteiger partial charge on any atom is -0.490 e. The molecular weight excluding hydrogens is 424 g/mol. The fraction of sp³-hybridized carbons (Fsp3) is 0.227. The Balaban J connectivity index is 1.85. The third kappa shape index (κ3) is 5.35. The van der Waals surface area contributed by atoms with Crippen LogP contribution in [0.1, 0.15) is 23.6 Å². The number of imide groups is 1. The molecule has 31 heavy (non-hydrogen) atoms. The van der Waals surface area contributed by atoms with Gasteiger partial charge >= 0.3 is 12.0 Å². The Bertz CT molecular complexity index is 1050. The Morgan fingerprint density at radius 3 is 2.55 bits per heavy atom. The molecule has 1 heterocycles. The van der Waals surface area contributed by atoms with Gasteiger partial charge in [-0.3, -0.25) is 9.59 Å². The number of carbonyl (C=O) groups excluding carboxylic acids is 2. The van der Waals surface area contributed by atoms with E-state index in [-0.39, 0.29) is 10.7 Å². The predicted octanol–water partition coefficient (Wildman–Crippen LogP) is 3.60. The lowest BCUT2D eigenvalue weighted by Crippen LogP contribution is -2.35. The molecule has 0 unspecified atom stereocenters. The summed E-state index contributed by atoms with van der Waals surface area (Å²) in [4.78, 5) is 35.7. The molecule has 0 radical (unpaired) electrons. The number of ether oxygens (including phenoxy) is 2. The number of nitrogens with zero attached hydrogens (tertiary/aromatic N) is 1. The van der Waals surface area contributed by atoms with Gasteiger partial charge in [-0.1, -0.05) is 41.4 Å². The number of hydrogen-bond donors (Lipinski definition) is 2. The maximum atomic E-state index is 12.3. The van der Waals surface area contributed by atoms with Gasteiger partial charge in [0.15, 0.2) is 11.5 Å². The maximum absolute atomic E-state index is 12.3. The van der Waals surface area contributed by atoms with Gasteiger partial charge in [0, 0.05) is 0 Å². The second-order valence-electron chi connectivity index (χ2n) is 6.81. The topological polar surface area (TPSA) is 105 Å². The lowest BCUT2D eigenvalue weighted by atomic mass is 10.1. The summed E-state index contributed by atoms with van der Waals surface area (Å²) in [6.07, 6.45) is 1.40. The van der Waals surface area contributed by atoms with Crippen LogP contribution in [0.4, 0.5) is 4.79 Å². The van der Waals surface area contributed by atoms with E-state index in [2.05, 4.69) is 5.32 Å². The Hall–Kier alpha value is -3.52. The highest BCUT2D eigenvalue weighted by Crippen LogP contribution is 2.38. The summed E-state index contributed by atoms with van der Waals surface area (Å²) >= 11 is 6.42. The van der Waals surface area contributed by atoms with Crippen LogP contribution in [0.25, 0.3) is 6.08 Å². The highest BCUT2D eigenvalue weighted by molar-refractivity contribution is 6.32. The van der Waals surface area contributed by atoms with E-state index in [1.54, 1.807) is 12.1 Å². The lowest BCUT2D eigenvalue weighted by molar-refractivity contribution is -0.140. The van der Waals surface area contributed by atoms with Gasteiger partial charge in [-0.05, 0) is 43.2 Å². The van der Waals surface area contributed by atoms with Gasteiger partial charge in [-0.2, -0.15) is 0 Å². The van der Waals surface area contributed by atoms with E-state index < -0.39 is 24.5 Å². The molecular formula is C22H21ClN2O6. The highest BCUT2D eigenvalue weighted by Gasteiger charge is 2.34. The molecule has 1 fully saturated rings. The largest absolute Gasteiger partial charge is 0.490 e. The number of nitrogens with one attached hydrogen (secondary N) is 1. The van der Waals surface area contributed by atoms with Crippen LogP contribution in [-0.2, 0) is 16.2 Å². The van der Waals surface area contributed by atoms with Crippen LogP contribution >= 0.6 is 11.6 Å². The first-order valence-corrected chi connectivity index (χ1v) is 9.87. The molecule has 2 aromatic carbocycles. The van der Waals surface area contributed by atoms with Gasteiger partial charge in [0.05, 0.1) is 11.6 Å². The molecule has 0 bridgehead atoms. The van der Waals surface area contributed by atoms with Crippen molar-refractivity contribution in [1.29, 1.82) is 0 Å². The van der Waals surface area contributed by atoms with Gasteiger partial charge in [-0.15, -0.1) is 0 Å². The van der Waals surface area contributed by atoms with Crippen LogP contribution in [0.2, 0.25) is 5.02 Å². The summed E-state index contributed by atoms with van der Waals surface area (Å²) in [5, 5.41) is 11.5. The summed E-state index contributed by atoms with van der Waals surface area (Å²) in [7, 11) is 0. The second-order valence-corrected chi connectivity index (χ2v) is 7.22. The average molecular weight is 445 g/mol. The molecule has 1 aliphatic heterocycles. The zero-order valence-corrected chi connectivity index (χ0v) is 17.7. The fourth-order valence-corrected chi connectivity index (χ4v) is 3.20. The predicted molar refractivity (Wildman–Crippen MR) is 114 cm³/mol. The fourth-order valence-electron chi connectivity index (χ4n) is 2.93. The van der Waals surface area contributed by atoms with E-state index in [1.165, 1.54) is 6.08 Å². The molecule has 1 saturated heterocycles. The molecule has 0 aromatic heterocycles. The number of aliphatic carboxylic acids is 1. The first-order chi connectivity index (χ1) is 14.8. The van der Waals surface area contributed by atoms with Crippen LogP contribution < -0.4 is 14.8 Å². The number of rotatable bonds is 8. The van der Waals surface area contributed by atoms with E-state index in [0.717, 1.165) is 11.1 Å². The van der Waals surface area contributed by atoms with Gasteiger partial charge in [0.2, 0.25) is 0 Å². The van der Waals surface area contributed by atoms with E-state index >= 15 is 0 Å². The first-order valence-electron chi connectivity index (χ1n) is 9.49. The van der Waals surface area contributed by atoms with Crippen LogP contribution in [0.5, 0.6) is 11.5 Å². The summed E-state index contributed by atoms with van der Waals surface area (Å²) < 4.78 is 11.5. The molecule has 1 aliphatic rings. The number of benzene rings is 2. The van der Waals surface area contributed by atoms with Gasteiger partial charge in [0.25, 0.3) is 5.91 Å². The number of carbonyl (C=O) groups is 3. The number of carboxylic acid groups (broad SMARTS) is 1. The number of aryl methyl sites for hydroxylation is 1. The van der Waals surface area contributed by atoms with Crippen LogP contribution in [0.3, 0.4) is 0 Å². The quantitative estimate of drug-likeness (QED) is 0.476. The van der Waals surface area contributed by atoms with Crippen molar-refractivity contribution in [2.24, 2.45) is 0 Å². The van der Waals surface area contributed by atoms with Crippen molar-refractivity contribution >= 4 is 35.6 Å². The smallest absolute Gasteiger partial charge is 0.329 e. The zero-order chi connectivity index (χ0) is 22.5. The normalized spacial score (nSPS) is 14.7. The monoisotopic (exact) mass is 444 g/mol. The molecule has 2 aromatic rings. The maximum Gasteiger partial charge on any atom is 0.329 e. The zero-order valence-electron chi connectivity index (χ0n) is 17.0. The van der Waals surface area contributed by atoms with E-state index in [4.69, 9.17) is 26.2 Å². The minimum atomic E-state index is -1.29. The van der Waals surface area contributed by atoms with Gasteiger partial charge in [0.1, 0.15) is 18.8 Å². The number of hydrogen-bond acceptors (Lipinski definition) is 5. The van der Waals surface area contributed by atoms with E-state index in [0.29, 0.717) is 35.2 Å². The van der Waals surface area contributed by atoms with Gasteiger partial charge in [-0.25, -0.2) is 9.69 Å². The van der Waals surface area contributed by atoms with Gasteiger partial charge < -0.3 is 19.9 Å². The molecule has 162 valence electrons.